The maximum atomic E-state index is 9.70. The van der Waals surface area contributed by atoms with Crippen molar-refractivity contribution in [2.75, 3.05) is 11.9 Å². The molecule has 0 saturated heterocycles. The molecule has 0 bridgehead atoms. The molecule has 9 heavy (non-hydrogen) atoms. The summed E-state index contributed by atoms with van der Waals surface area (Å²) in [6, 6.07) is 0. The largest absolute Gasteiger partial charge is 0.350 e. The minimum Gasteiger partial charge on any atom is -0.350 e. The molecule has 0 spiro atoms. The third-order valence-corrected chi connectivity index (χ3v) is 1.18. The van der Waals surface area contributed by atoms with Gasteiger partial charge in [-0.25, -0.2) is 16.8 Å². The first-order valence-corrected chi connectivity index (χ1v) is 4.67. The van der Waals surface area contributed by atoms with Gasteiger partial charge in [-0.05, 0) is 0 Å². The second-order valence-corrected chi connectivity index (χ2v) is 2.98. The molecule has 56 valence electrons. The topological polar surface area (TPSA) is 77.5 Å². The molecule has 0 unspecified atom stereocenters. The van der Waals surface area contributed by atoms with Crippen LogP contribution in [0.4, 0.5) is 0 Å². The fourth-order valence-corrected chi connectivity index (χ4v) is 0.815. The van der Waals surface area contributed by atoms with Gasteiger partial charge in [-0.1, -0.05) is 0 Å². The molecular formula is C2H6O5S2. The lowest BCUT2D eigenvalue weighted by Crippen LogP contribution is -1.98. The van der Waals surface area contributed by atoms with Gasteiger partial charge in [0, 0.05) is 0 Å². The molecule has 0 aliphatic rings. The molecule has 0 saturated carbocycles. The van der Waals surface area contributed by atoms with E-state index in [1.807, 2.05) is 0 Å². The van der Waals surface area contributed by atoms with Crippen LogP contribution in [0, 0.1) is 0 Å². The average Bonchev–Trinajstić information content (AvgIpc) is 1.63. The van der Waals surface area contributed by atoms with Gasteiger partial charge in [0.05, 0.1) is 0 Å². The van der Waals surface area contributed by atoms with Crippen LogP contribution in [0.3, 0.4) is 0 Å². The van der Waals surface area contributed by atoms with Gasteiger partial charge < -0.3 is 4.74 Å². The highest BCUT2D eigenvalue weighted by Gasteiger charge is 1.87. The number of rotatable bonds is 4. The zero-order valence-corrected chi connectivity index (χ0v) is 6.14. The van der Waals surface area contributed by atoms with Crippen molar-refractivity contribution >= 4 is 21.4 Å². The zero-order chi connectivity index (χ0) is 7.28. The fourth-order valence-electron chi connectivity index (χ4n) is 0.190. The number of hydrogen-bond donors (Lipinski definition) is 2. The molecule has 0 aliphatic carbocycles. The molecule has 0 heterocycles. The molecule has 0 aliphatic heterocycles. The smallest absolute Gasteiger partial charge is 0.164 e. The Labute approximate surface area is 55.5 Å². The number of hydrogen-bond acceptors (Lipinski definition) is 5. The van der Waals surface area contributed by atoms with Crippen molar-refractivity contribution in [1.29, 1.82) is 0 Å². The van der Waals surface area contributed by atoms with E-state index in [9.17, 15) is 16.8 Å². The second-order valence-electron chi connectivity index (χ2n) is 1.13. The van der Waals surface area contributed by atoms with Crippen LogP contribution >= 0.6 is 0 Å². The van der Waals surface area contributed by atoms with Crippen LogP contribution in [0.2, 0.25) is 0 Å². The van der Waals surface area contributed by atoms with Crippen molar-refractivity contribution in [2.24, 2.45) is 0 Å². The quantitative estimate of drug-likeness (QED) is 0.489. The van der Waals surface area contributed by atoms with Gasteiger partial charge >= 0.3 is 0 Å². The predicted octanol–water partition coefficient (Wildman–Crippen LogP) is -1.86. The normalized spacial score (nSPS) is 10.9. The van der Waals surface area contributed by atoms with E-state index >= 15 is 0 Å². The van der Waals surface area contributed by atoms with Crippen LogP contribution in [-0.4, -0.2) is 28.7 Å². The summed E-state index contributed by atoms with van der Waals surface area (Å²) in [4.78, 5) is 0. The van der Waals surface area contributed by atoms with Crippen molar-refractivity contribution in [2.45, 2.75) is 0 Å². The molecule has 0 radical (unpaired) electrons. The highest BCUT2D eigenvalue weighted by atomic mass is 32.2. The first kappa shape index (κ1) is 8.86. The van der Waals surface area contributed by atoms with Gasteiger partial charge in [0.25, 0.3) is 0 Å². The Balaban J connectivity index is 3.31. The van der Waals surface area contributed by atoms with Crippen LogP contribution in [0.25, 0.3) is 0 Å². The van der Waals surface area contributed by atoms with Crippen LogP contribution in [0.15, 0.2) is 0 Å². The maximum Gasteiger partial charge on any atom is 0.164 e. The summed E-state index contributed by atoms with van der Waals surface area (Å²) in [7, 11) is -5.24. The summed E-state index contributed by atoms with van der Waals surface area (Å²) >= 11 is 0. The maximum absolute atomic E-state index is 9.70. The Kier molecular flexibility index (Phi) is 4.64. The Morgan fingerprint density at radius 2 is 1.22 bits per heavy atom. The lowest BCUT2D eigenvalue weighted by atomic mass is 11.5. The summed E-state index contributed by atoms with van der Waals surface area (Å²) < 4.78 is 42.9. The lowest BCUT2D eigenvalue weighted by Gasteiger charge is -1.87. The van der Waals surface area contributed by atoms with E-state index in [-0.39, 0.29) is 0 Å². The summed E-state index contributed by atoms with van der Waals surface area (Å²) in [6.07, 6.45) is 0. The summed E-state index contributed by atoms with van der Waals surface area (Å²) in [5.74, 6) is -1.06. The van der Waals surface area contributed by atoms with E-state index < -0.39 is 33.3 Å². The first-order chi connectivity index (χ1) is 4.13. The highest BCUT2D eigenvalue weighted by molar-refractivity contribution is 7.73. The molecule has 0 N–H and O–H groups in total. The van der Waals surface area contributed by atoms with Gasteiger partial charge in [0.2, 0.25) is 0 Å². The molecule has 0 atom stereocenters. The van der Waals surface area contributed by atoms with Gasteiger partial charge in [0.1, 0.15) is 11.9 Å². The minimum atomic E-state index is -2.62. The van der Waals surface area contributed by atoms with Crippen LogP contribution in [-0.2, 0) is 26.1 Å². The SMILES string of the molecule is O=[SH](=O)COC[SH](=O)=O. The standard InChI is InChI=1S/C2H6O5S2/c3-8(4)1-7-2-9(5)6/h8-9H,1-2H2. The zero-order valence-electron chi connectivity index (χ0n) is 4.35. The van der Waals surface area contributed by atoms with Gasteiger partial charge in [0.15, 0.2) is 21.4 Å². The van der Waals surface area contributed by atoms with Crippen molar-refractivity contribution in [3.8, 4) is 0 Å². The Hall–Kier alpha value is -0.140. The van der Waals surface area contributed by atoms with E-state index in [1.165, 1.54) is 0 Å². The number of ether oxygens (including phenoxy) is 1. The van der Waals surface area contributed by atoms with Crippen molar-refractivity contribution in [3.05, 3.63) is 0 Å². The van der Waals surface area contributed by atoms with E-state index in [1.54, 1.807) is 0 Å². The molecule has 0 fully saturated rings. The second kappa shape index (κ2) is 4.71. The molecule has 0 aromatic heterocycles. The van der Waals surface area contributed by atoms with Crippen molar-refractivity contribution < 1.29 is 21.6 Å². The van der Waals surface area contributed by atoms with E-state index in [0.717, 1.165) is 0 Å². The molecule has 0 amide bonds. The van der Waals surface area contributed by atoms with Crippen LogP contribution in [0.5, 0.6) is 0 Å². The summed E-state index contributed by atoms with van der Waals surface area (Å²) in [5, 5.41) is 0. The van der Waals surface area contributed by atoms with Crippen molar-refractivity contribution in [1.82, 2.24) is 0 Å². The minimum absolute atomic E-state index is 0.529. The van der Waals surface area contributed by atoms with Crippen LogP contribution < -0.4 is 0 Å². The monoisotopic (exact) mass is 174 g/mol. The Morgan fingerprint density at radius 1 is 0.889 bits per heavy atom. The average molecular weight is 174 g/mol. The fraction of sp³-hybridized carbons (Fsp3) is 1.00. The predicted molar refractivity (Wildman–Crippen MR) is 31.4 cm³/mol. The van der Waals surface area contributed by atoms with E-state index in [2.05, 4.69) is 4.74 Å². The molecule has 0 aromatic carbocycles. The van der Waals surface area contributed by atoms with Gasteiger partial charge in [-0.2, -0.15) is 0 Å². The van der Waals surface area contributed by atoms with E-state index in [4.69, 9.17) is 0 Å². The van der Waals surface area contributed by atoms with E-state index in [0.29, 0.717) is 0 Å². The molecule has 5 nitrogen and oxygen atoms in total. The van der Waals surface area contributed by atoms with Crippen molar-refractivity contribution in [3.63, 3.8) is 0 Å². The molecule has 0 rings (SSSR count). The van der Waals surface area contributed by atoms with Crippen LogP contribution in [0.1, 0.15) is 0 Å². The third kappa shape index (κ3) is 7.86. The third-order valence-electron chi connectivity index (χ3n) is 0.393. The number of thiol groups is 2. The molecule has 7 heteroatoms. The first-order valence-electron chi connectivity index (χ1n) is 1.94. The Bertz CT molecular complexity index is 163. The summed E-state index contributed by atoms with van der Waals surface area (Å²) in [6.45, 7) is 0. The van der Waals surface area contributed by atoms with Gasteiger partial charge in [-0.15, -0.1) is 0 Å². The summed E-state index contributed by atoms with van der Waals surface area (Å²) in [5.41, 5.74) is 0. The molecular weight excluding hydrogens is 168 g/mol. The lowest BCUT2D eigenvalue weighted by molar-refractivity contribution is 0.229. The highest BCUT2D eigenvalue weighted by Crippen LogP contribution is 1.73. The Morgan fingerprint density at radius 3 is 1.44 bits per heavy atom. The van der Waals surface area contributed by atoms with Gasteiger partial charge in [-0.3, -0.25) is 0 Å². The molecule has 0 aromatic rings.